The van der Waals surface area contributed by atoms with E-state index in [4.69, 9.17) is 5.11 Å². The molecule has 1 amide bonds. The fourth-order valence-corrected chi connectivity index (χ4v) is 1.65. The van der Waals surface area contributed by atoms with E-state index in [0.717, 1.165) is 5.56 Å². The predicted octanol–water partition coefficient (Wildman–Crippen LogP) is 2.27. The summed E-state index contributed by atoms with van der Waals surface area (Å²) in [4.78, 5) is 34.9. The minimum atomic E-state index is -1.22. The molecule has 0 heterocycles. The second-order valence-electron chi connectivity index (χ2n) is 6.02. The minimum Gasteiger partial charge on any atom is -0.480 e. The number of carboxylic acids is 1. The molecule has 0 saturated heterocycles. The summed E-state index contributed by atoms with van der Waals surface area (Å²) in [5.41, 5.74) is 0.188. The van der Waals surface area contributed by atoms with E-state index in [1.54, 1.807) is 26.8 Å². The lowest BCUT2D eigenvalue weighted by molar-refractivity contribution is -0.143. The van der Waals surface area contributed by atoms with Gasteiger partial charge in [-0.3, -0.25) is 9.59 Å². The zero-order valence-corrected chi connectivity index (χ0v) is 13.0. The van der Waals surface area contributed by atoms with Crippen molar-refractivity contribution in [2.45, 2.75) is 33.2 Å². The molecule has 1 aromatic carbocycles. The Morgan fingerprint density at radius 3 is 2.27 bits per heavy atom. The van der Waals surface area contributed by atoms with E-state index in [-0.39, 0.29) is 12.2 Å². The molecule has 5 nitrogen and oxygen atoms in total. The Kier molecular flexibility index (Phi) is 6.04. The number of benzene rings is 1. The summed E-state index contributed by atoms with van der Waals surface area (Å²) in [6.07, 6.45) is 2.61. The van der Waals surface area contributed by atoms with Crippen LogP contribution in [0.15, 0.2) is 36.4 Å². The zero-order chi connectivity index (χ0) is 16.8. The molecule has 1 atom stereocenters. The first kappa shape index (κ1) is 17.6. The SMILES string of the molecule is CC(C)(C)C(=O)CC(NC(=O)/C=C/c1ccccc1)C(=O)O. The van der Waals surface area contributed by atoms with Gasteiger partial charge in [0, 0.05) is 17.9 Å². The molecule has 1 rings (SSSR count). The van der Waals surface area contributed by atoms with Crippen molar-refractivity contribution in [3.63, 3.8) is 0 Å². The molecule has 0 aliphatic rings. The molecular weight excluding hydrogens is 282 g/mol. The van der Waals surface area contributed by atoms with Crippen molar-refractivity contribution >= 4 is 23.7 Å². The van der Waals surface area contributed by atoms with Crippen LogP contribution in [-0.2, 0) is 14.4 Å². The number of amides is 1. The molecule has 0 aliphatic heterocycles. The second kappa shape index (κ2) is 7.54. The molecule has 1 unspecified atom stereocenters. The molecule has 0 aromatic heterocycles. The van der Waals surface area contributed by atoms with Gasteiger partial charge < -0.3 is 10.4 Å². The van der Waals surface area contributed by atoms with Gasteiger partial charge in [0.1, 0.15) is 11.8 Å². The fourth-order valence-electron chi connectivity index (χ4n) is 1.65. The summed E-state index contributed by atoms with van der Waals surface area (Å²) in [5, 5.41) is 11.5. The Balaban J connectivity index is 2.67. The molecule has 2 N–H and O–H groups in total. The van der Waals surface area contributed by atoms with Gasteiger partial charge in [-0.05, 0) is 11.6 Å². The largest absolute Gasteiger partial charge is 0.480 e. The van der Waals surface area contributed by atoms with Gasteiger partial charge in [-0.1, -0.05) is 51.1 Å². The second-order valence-corrected chi connectivity index (χ2v) is 6.02. The highest BCUT2D eigenvalue weighted by atomic mass is 16.4. The molecule has 118 valence electrons. The molecular formula is C17H21NO4. The van der Waals surface area contributed by atoms with Gasteiger partial charge in [0.25, 0.3) is 0 Å². The third-order valence-corrected chi connectivity index (χ3v) is 3.07. The number of Topliss-reactive ketones (excluding diaryl/α,β-unsaturated/α-hetero) is 1. The van der Waals surface area contributed by atoms with Crippen LogP contribution in [0.25, 0.3) is 6.08 Å². The molecule has 0 saturated carbocycles. The van der Waals surface area contributed by atoms with Gasteiger partial charge in [0.2, 0.25) is 5.91 Å². The van der Waals surface area contributed by atoms with Gasteiger partial charge in [-0.15, -0.1) is 0 Å². The third kappa shape index (κ3) is 5.91. The maximum Gasteiger partial charge on any atom is 0.326 e. The Labute approximate surface area is 130 Å². The molecule has 0 aliphatic carbocycles. The van der Waals surface area contributed by atoms with Crippen molar-refractivity contribution in [3.05, 3.63) is 42.0 Å². The Morgan fingerprint density at radius 2 is 1.77 bits per heavy atom. The zero-order valence-electron chi connectivity index (χ0n) is 13.0. The molecule has 0 bridgehead atoms. The molecule has 0 radical (unpaired) electrons. The molecule has 5 heteroatoms. The van der Waals surface area contributed by atoms with Crippen LogP contribution < -0.4 is 5.32 Å². The average Bonchev–Trinajstić information content (AvgIpc) is 2.44. The van der Waals surface area contributed by atoms with E-state index in [1.165, 1.54) is 6.08 Å². The number of carbonyl (C=O) groups is 3. The summed E-state index contributed by atoms with van der Waals surface area (Å²) >= 11 is 0. The maximum atomic E-state index is 11.9. The first-order valence-corrected chi connectivity index (χ1v) is 7.00. The van der Waals surface area contributed by atoms with Crippen LogP contribution in [0.1, 0.15) is 32.8 Å². The number of hydrogen-bond acceptors (Lipinski definition) is 3. The number of rotatable bonds is 6. The van der Waals surface area contributed by atoms with Gasteiger partial charge in [0.15, 0.2) is 0 Å². The lowest BCUT2D eigenvalue weighted by atomic mass is 9.87. The summed E-state index contributed by atoms with van der Waals surface area (Å²) < 4.78 is 0. The molecule has 1 aromatic rings. The smallest absolute Gasteiger partial charge is 0.326 e. The summed E-state index contributed by atoms with van der Waals surface area (Å²) in [5.74, 6) is -1.98. The summed E-state index contributed by atoms with van der Waals surface area (Å²) in [6, 6.07) is 7.94. The number of carbonyl (C=O) groups excluding carboxylic acids is 2. The number of ketones is 1. The van der Waals surface area contributed by atoms with Crippen LogP contribution in [0.5, 0.6) is 0 Å². The average molecular weight is 303 g/mol. The maximum absolute atomic E-state index is 11.9. The lowest BCUT2D eigenvalue weighted by Gasteiger charge is -2.20. The summed E-state index contributed by atoms with van der Waals surface area (Å²) in [7, 11) is 0. The number of carboxylic acid groups (broad SMARTS) is 1. The lowest BCUT2D eigenvalue weighted by Crippen LogP contribution is -2.43. The fraction of sp³-hybridized carbons (Fsp3) is 0.353. The van der Waals surface area contributed by atoms with E-state index < -0.39 is 23.3 Å². The van der Waals surface area contributed by atoms with E-state index in [1.807, 2.05) is 30.3 Å². The first-order chi connectivity index (χ1) is 10.2. The van der Waals surface area contributed by atoms with E-state index >= 15 is 0 Å². The van der Waals surface area contributed by atoms with Crippen LogP contribution in [-0.4, -0.2) is 28.8 Å². The third-order valence-electron chi connectivity index (χ3n) is 3.07. The molecule has 0 fully saturated rings. The number of hydrogen-bond donors (Lipinski definition) is 2. The van der Waals surface area contributed by atoms with Crippen LogP contribution >= 0.6 is 0 Å². The van der Waals surface area contributed by atoms with E-state index in [0.29, 0.717) is 0 Å². The Bertz CT molecular complexity index is 570. The standard InChI is InChI=1S/C17H21NO4/c1-17(2,3)14(19)11-13(16(21)22)18-15(20)10-9-12-7-5-4-6-8-12/h4-10,13H,11H2,1-3H3,(H,18,20)(H,21,22)/b10-9+. The first-order valence-electron chi connectivity index (χ1n) is 7.00. The highest BCUT2D eigenvalue weighted by Crippen LogP contribution is 2.17. The number of aliphatic carboxylic acids is 1. The quantitative estimate of drug-likeness (QED) is 0.790. The van der Waals surface area contributed by atoms with Crippen molar-refractivity contribution in [2.75, 3.05) is 0 Å². The van der Waals surface area contributed by atoms with Crippen LogP contribution in [0, 0.1) is 5.41 Å². The van der Waals surface area contributed by atoms with Crippen molar-refractivity contribution < 1.29 is 19.5 Å². The predicted molar refractivity (Wildman–Crippen MR) is 84.1 cm³/mol. The van der Waals surface area contributed by atoms with E-state index in [9.17, 15) is 14.4 Å². The van der Waals surface area contributed by atoms with Gasteiger partial charge in [0.05, 0.1) is 0 Å². The highest BCUT2D eigenvalue weighted by Gasteiger charge is 2.28. The van der Waals surface area contributed by atoms with Crippen molar-refractivity contribution in [3.8, 4) is 0 Å². The van der Waals surface area contributed by atoms with Gasteiger partial charge in [-0.2, -0.15) is 0 Å². The van der Waals surface area contributed by atoms with Crippen LogP contribution in [0.4, 0.5) is 0 Å². The van der Waals surface area contributed by atoms with Gasteiger partial charge in [-0.25, -0.2) is 4.79 Å². The van der Waals surface area contributed by atoms with Crippen molar-refractivity contribution in [1.82, 2.24) is 5.32 Å². The Morgan fingerprint density at radius 1 is 1.18 bits per heavy atom. The minimum absolute atomic E-state index is 0.216. The van der Waals surface area contributed by atoms with Gasteiger partial charge >= 0.3 is 5.97 Å². The van der Waals surface area contributed by atoms with Crippen LogP contribution in [0.3, 0.4) is 0 Å². The van der Waals surface area contributed by atoms with Crippen molar-refractivity contribution in [2.24, 2.45) is 5.41 Å². The molecule has 0 spiro atoms. The van der Waals surface area contributed by atoms with Crippen molar-refractivity contribution in [1.29, 1.82) is 0 Å². The topological polar surface area (TPSA) is 83.5 Å². The summed E-state index contributed by atoms with van der Waals surface area (Å²) in [6.45, 7) is 5.14. The monoisotopic (exact) mass is 303 g/mol. The number of nitrogens with one attached hydrogen (secondary N) is 1. The van der Waals surface area contributed by atoms with Crippen LogP contribution in [0.2, 0.25) is 0 Å². The molecule has 22 heavy (non-hydrogen) atoms. The highest BCUT2D eigenvalue weighted by molar-refractivity contribution is 5.96. The Hall–Kier alpha value is -2.43. The van der Waals surface area contributed by atoms with E-state index in [2.05, 4.69) is 5.32 Å². The normalized spacial score (nSPS) is 12.9.